The van der Waals surface area contributed by atoms with Crippen LogP contribution in [-0.2, 0) is 10.0 Å². The highest BCUT2D eigenvalue weighted by atomic mass is 32.2. The van der Waals surface area contributed by atoms with E-state index in [0.29, 0.717) is 19.4 Å². The molecule has 0 fully saturated rings. The predicted octanol–water partition coefficient (Wildman–Crippen LogP) is 0.600. The van der Waals surface area contributed by atoms with Gasteiger partial charge in [-0.05, 0) is 19.4 Å². The van der Waals surface area contributed by atoms with Crippen molar-refractivity contribution >= 4 is 10.0 Å². The van der Waals surface area contributed by atoms with Crippen molar-refractivity contribution in [1.29, 1.82) is 0 Å². The molecule has 0 aliphatic carbocycles. The van der Waals surface area contributed by atoms with Gasteiger partial charge in [0.25, 0.3) is 10.0 Å². The summed E-state index contributed by atoms with van der Waals surface area (Å²) in [5.41, 5.74) is 5.18. The summed E-state index contributed by atoms with van der Waals surface area (Å²) >= 11 is 0. The van der Waals surface area contributed by atoms with Crippen LogP contribution in [0.3, 0.4) is 0 Å². The second kappa shape index (κ2) is 6.26. The fraction of sp³-hybridized carbons (Fsp3) is 1.00. The van der Waals surface area contributed by atoms with Gasteiger partial charge >= 0.3 is 5.76 Å². The molecule has 14 heavy (non-hydrogen) atoms. The zero-order valence-electron chi connectivity index (χ0n) is 8.12. The third-order valence-corrected chi connectivity index (χ3v) is 3.20. The van der Waals surface area contributed by atoms with E-state index < -0.39 is 15.8 Å². The molecule has 0 bridgehead atoms. The van der Waals surface area contributed by atoms with Crippen molar-refractivity contribution in [3.8, 4) is 0 Å². The second-order valence-electron chi connectivity index (χ2n) is 2.85. The number of hydrogen-bond acceptors (Lipinski definition) is 3. The molecule has 0 heterocycles. The molecule has 0 aliphatic rings. The molecule has 0 amide bonds. The van der Waals surface area contributed by atoms with E-state index in [2.05, 4.69) is 0 Å². The molecule has 0 spiro atoms. The smallest absolute Gasteiger partial charge is 0.330 e. The van der Waals surface area contributed by atoms with Gasteiger partial charge in [0.15, 0.2) is 0 Å². The lowest BCUT2D eigenvalue weighted by Crippen LogP contribution is -2.37. The average molecular weight is 230 g/mol. The highest BCUT2D eigenvalue weighted by Gasteiger charge is 2.30. The van der Waals surface area contributed by atoms with Crippen molar-refractivity contribution in [3.63, 3.8) is 0 Å². The van der Waals surface area contributed by atoms with Crippen molar-refractivity contribution in [3.05, 3.63) is 0 Å². The number of sulfonamides is 1. The first-order valence-electron chi connectivity index (χ1n) is 4.44. The minimum atomic E-state index is -4.43. The number of alkyl halides is 2. The van der Waals surface area contributed by atoms with Crippen LogP contribution in [0, 0.1) is 0 Å². The van der Waals surface area contributed by atoms with Crippen molar-refractivity contribution in [2.75, 3.05) is 19.6 Å². The van der Waals surface area contributed by atoms with E-state index >= 15 is 0 Å². The van der Waals surface area contributed by atoms with Gasteiger partial charge in [-0.2, -0.15) is 13.1 Å². The van der Waals surface area contributed by atoms with Crippen LogP contribution >= 0.6 is 0 Å². The Hall–Kier alpha value is -0.270. The molecule has 0 aromatic rings. The molecule has 4 nitrogen and oxygen atoms in total. The van der Waals surface area contributed by atoms with Crippen LogP contribution in [-0.4, -0.2) is 38.1 Å². The minimum Gasteiger partial charge on any atom is -0.330 e. The van der Waals surface area contributed by atoms with Crippen LogP contribution in [0.1, 0.15) is 19.8 Å². The average Bonchev–Trinajstić information content (AvgIpc) is 2.11. The van der Waals surface area contributed by atoms with Gasteiger partial charge in [0.2, 0.25) is 0 Å². The molecular formula is C7H16F2N2O2S. The topological polar surface area (TPSA) is 63.4 Å². The minimum absolute atomic E-state index is 0.0665. The van der Waals surface area contributed by atoms with E-state index in [0.717, 1.165) is 4.31 Å². The van der Waals surface area contributed by atoms with E-state index in [1.807, 2.05) is 0 Å². The zero-order valence-corrected chi connectivity index (χ0v) is 8.93. The number of nitrogens with zero attached hydrogens (tertiary/aromatic N) is 1. The van der Waals surface area contributed by atoms with E-state index in [1.165, 1.54) is 0 Å². The summed E-state index contributed by atoms with van der Waals surface area (Å²) in [6.07, 6.45) is 0.905. The summed E-state index contributed by atoms with van der Waals surface area (Å²) in [7, 11) is -4.43. The maximum Gasteiger partial charge on any atom is 0.350 e. The third-order valence-electron chi connectivity index (χ3n) is 1.67. The zero-order chi connectivity index (χ0) is 11.2. The van der Waals surface area contributed by atoms with Crippen molar-refractivity contribution in [2.45, 2.75) is 25.5 Å². The highest BCUT2D eigenvalue weighted by molar-refractivity contribution is 7.89. The molecule has 86 valence electrons. The molecule has 0 saturated heterocycles. The quantitative estimate of drug-likeness (QED) is 0.696. The summed E-state index contributed by atoms with van der Waals surface area (Å²) in [6, 6.07) is 0. The number of hydrogen-bond donors (Lipinski definition) is 1. The predicted molar refractivity (Wildman–Crippen MR) is 50.5 cm³/mol. The van der Waals surface area contributed by atoms with Gasteiger partial charge in [0.05, 0.1) is 0 Å². The summed E-state index contributed by atoms with van der Waals surface area (Å²) in [5, 5.41) is 0. The molecule has 0 aromatic heterocycles. The maximum atomic E-state index is 12.2. The third kappa shape index (κ3) is 3.85. The molecule has 0 atom stereocenters. The van der Waals surface area contributed by atoms with Crippen LogP contribution in [0.15, 0.2) is 0 Å². The van der Waals surface area contributed by atoms with E-state index in [1.54, 1.807) is 6.92 Å². The molecule has 0 radical (unpaired) electrons. The Balaban J connectivity index is 4.47. The summed E-state index contributed by atoms with van der Waals surface area (Å²) in [5.74, 6) is -3.34. The Morgan fingerprint density at radius 2 is 1.93 bits per heavy atom. The van der Waals surface area contributed by atoms with Gasteiger partial charge in [-0.15, -0.1) is 0 Å². The molecule has 0 aromatic carbocycles. The van der Waals surface area contributed by atoms with Gasteiger partial charge in [-0.3, -0.25) is 0 Å². The second-order valence-corrected chi connectivity index (χ2v) is 4.75. The summed E-state index contributed by atoms with van der Waals surface area (Å²) < 4.78 is 47.2. The van der Waals surface area contributed by atoms with Crippen molar-refractivity contribution in [1.82, 2.24) is 4.31 Å². The lowest BCUT2D eigenvalue weighted by Gasteiger charge is -2.20. The first-order valence-corrected chi connectivity index (χ1v) is 5.94. The van der Waals surface area contributed by atoms with Crippen LogP contribution in [0.5, 0.6) is 0 Å². The molecule has 7 heteroatoms. The first-order chi connectivity index (χ1) is 6.46. The molecular weight excluding hydrogens is 214 g/mol. The first kappa shape index (κ1) is 13.7. The van der Waals surface area contributed by atoms with Gasteiger partial charge in [-0.1, -0.05) is 6.92 Å². The molecule has 0 rings (SSSR count). The van der Waals surface area contributed by atoms with Crippen molar-refractivity contribution in [2.24, 2.45) is 5.73 Å². The standard InChI is InChI=1S/C7H16F2N2O2S/c1-2-5-11(6-3-4-10)14(12,13)7(8)9/h7H,2-6,10H2,1H3. The lowest BCUT2D eigenvalue weighted by atomic mass is 10.4. The lowest BCUT2D eigenvalue weighted by molar-refractivity contribution is 0.218. The Labute approximate surface area is 83.1 Å². The highest BCUT2D eigenvalue weighted by Crippen LogP contribution is 2.12. The molecule has 2 N–H and O–H groups in total. The number of nitrogens with two attached hydrogens (primary N) is 1. The largest absolute Gasteiger partial charge is 0.350 e. The summed E-state index contributed by atoms with van der Waals surface area (Å²) in [6.45, 7) is 2.21. The monoisotopic (exact) mass is 230 g/mol. The fourth-order valence-corrected chi connectivity index (χ4v) is 2.04. The Kier molecular flexibility index (Phi) is 6.14. The van der Waals surface area contributed by atoms with E-state index in [-0.39, 0.29) is 13.1 Å². The van der Waals surface area contributed by atoms with E-state index in [9.17, 15) is 17.2 Å². The molecule has 0 unspecified atom stereocenters. The van der Waals surface area contributed by atoms with Gasteiger partial charge in [0.1, 0.15) is 0 Å². The fourth-order valence-electron chi connectivity index (χ4n) is 0.996. The molecule has 0 saturated carbocycles. The number of rotatable bonds is 7. The Morgan fingerprint density at radius 3 is 2.29 bits per heavy atom. The van der Waals surface area contributed by atoms with Crippen molar-refractivity contribution < 1.29 is 17.2 Å². The van der Waals surface area contributed by atoms with Crippen LogP contribution < -0.4 is 5.73 Å². The Bertz CT molecular complexity index is 244. The van der Waals surface area contributed by atoms with Gasteiger partial charge < -0.3 is 5.73 Å². The SMILES string of the molecule is CCCN(CCCN)S(=O)(=O)C(F)F. The summed E-state index contributed by atoms with van der Waals surface area (Å²) in [4.78, 5) is 0. The van der Waals surface area contributed by atoms with Crippen LogP contribution in [0.2, 0.25) is 0 Å². The van der Waals surface area contributed by atoms with Crippen LogP contribution in [0.25, 0.3) is 0 Å². The Morgan fingerprint density at radius 1 is 1.36 bits per heavy atom. The maximum absolute atomic E-state index is 12.2. The molecule has 0 aliphatic heterocycles. The van der Waals surface area contributed by atoms with Gasteiger partial charge in [0, 0.05) is 13.1 Å². The normalized spacial score (nSPS) is 12.7. The van der Waals surface area contributed by atoms with Gasteiger partial charge in [-0.25, -0.2) is 8.42 Å². The van der Waals surface area contributed by atoms with Crippen LogP contribution in [0.4, 0.5) is 8.78 Å². The van der Waals surface area contributed by atoms with E-state index in [4.69, 9.17) is 5.73 Å². The number of halogens is 2.